The Morgan fingerprint density at radius 3 is 2.74 bits per heavy atom. The zero-order valence-corrected chi connectivity index (χ0v) is 15.7. The maximum Gasteiger partial charge on any atom is 0.259 e. The van der Waals surface area contributed by atoms with E-state index in [0.717, 1.165) is 19.4 Å². The topological polar surface area (TPSA) is 76.7 Å². The molecule has 0 radical (unpaired) electrons. The molecule has 0 bridgehead atoms. The number of ether oxygens (including phenoxy) is 2. The van der Waals surface area contributed by atoms with Crippen molar-refractivity contribution in [3.05, 3.63) is 53.1 Å². The summed E-state index contributed by atoms with van der Waals surface area (Å²) in [6, 6.07) is 12.0. The SMILES string of the molecule is CC(=O)Nc1ccc(NC(=O)c2ccccc2OCC2CCCO2)cc1Cl. The Labute approximate surface area is 162 Å². The lowest BCUT2D eigenvalue weighted by Crippen LogP contribution is -2.19. The normalized spacial score (nSPS) is 16.0. The molecule has 2 amide bonds. The van der Waals surface area contributed by atoms with Crippen LogP contribution in [0, 0.1) is 0 Å². The van der Waals surface area contributed by atoms with Gasteiger partial charge in [-0.2, -0.15) is 0 Å². The summed E-state index contributed by atoms with van der Waals surface area (Å²) in [7, 11) is 0. The van der Waals surface area contributed by atoms with Crippen LogP contribution in [0.5, 0.6) is 5.75 Å². The Hall–Kier alpha value is -2.57. The van der Waals surface area contributed by atoms with E-state index in [2.05, 4.69) is 10.6 Å². The molecule has 1 aliphatic rings. The van der Waals surface area contributed by atoms with Gasteiger partial charge in [0, 0.05) is 19.2 Å². The second-order valence-electron chi connectivity index (χ2n) is 6.27. The van der Waals surface area contributed by atoms with Gasteiger partial charge in [-0.25, -0.2) is 0 Å². The van der Waals surface area contributed by atoms with Crippen LogP contribution in [-0.4, -0.2) is 31.1 Å². The van der Waals surface area contributed by atoms with Crippen molar-refractivity contribution in [1.29, 1.82) is 0 Å². The molecule has 1 saturated heterocycles. The Bertz CT molecular complexity index is 834. The molecule has 1 heterocycles. The van der Waals surface area contributed by atoms with Crippen LogP contribution in [-0.2, 0) is 9.53 Å². The lowest BCUT2D eigenvalue weighted by atomic mass is 10.1. The summed E-state index contributed by atoms with van der Waals surface area (Å²) in [4.78, 5) is 23.8. The van der Waals surface area contributed by atoms with E-state index < -0.39 is 0 Å². The third-order valence-electron chi connectivity index (χ3n) is 4.12. The number of benzene rings is 2. The smallest absolute Gasteiger partial charge is 0.259 e. The van der Waals surface area contributed by atoms with Gasteiger partial charge >= 0.3 is 0 Å². The molecular weight excluding hydrogens is 368 g/mol. The number of carbonyl (C=O) groups is 2. The highest BCUT2D eigenvalue weighted by molar-refractivity contribution is 6.34. The Morgan fingerprint density at radius 2 is 2.04 bits per heavy atom. The molecule has 1 aliphatic heterocycles. The van der Waals surface area contributed by atoms with Crippen LogP contribution in [0.1, 0.15) is 30.1 Å². The summed E-state index contributed by atoms with van der Waals surface area (Å²) in [5, 5.41) is 5.76. The van der Waals surface area contributed by atoms with Crippen molar-refractivity contribution < 1.29 is 19.1 Å². The first kappa shape index (κ1) is 19.2. The van der Waals surface area contributed by atoms with Gasteiger partial charge in [0.15, 0.2) is 0 Å². The van der Waals surface area contributed by atoms with Gasteiger partial charge in [0.1, 0.15) is 12.4 Å². The molecular formula is C20H21ClN2O4. The molecule has 0 spiro atoms. The zero-order chi connectivity index (χ0) is 19.2. The summed E-state index contributed by atoms with van der Waals surface area (Å²) in [6.45, 7) is 2.58. The second kappa shape index (κ2) is 8.88. The summed E-state index contributed by atoms with van der Waals surface area (Å²) in [6.07, 6.45) is 2.07. The number of nitrogens with one attached hydrogen (secondary N) is 2. The Kier molecular flexibility index (Phi) is 6.32. The van der Waals surface area contributed by atoms with Crippen LogP contribution in [0.3, 0.4) is 0 Å². The number of para-hydroxylation sites is 1. The van der Waals surface area contributed by atoms with E-state index in [0.29, 0.717) is 34.3 Å². The predicted octanol–water partition coefficient (Wildman–Crippen LogP) is 4.11. The summed E-state index contributed by atoms with van der Waals surface area (Å²) in [5.41, 5.74) is 1.44. The number of hydrogen-bond donors (Lipinski definition) is 2. The monoisotopic (exact) mass is 388 g/mol. The van der Waals surface area contributed by atoms with E-state index in [1.165, 1.54) is 6.92 Å². The molecule has 2 N–H and O–H groups in total. The lowest BCUT2D eigenvalue weighted by molar-refractivity contribution is -0.114. The molecule has 3 rings (SSSR count). The highest BCUT2D eigenvalue weighted by atomic mass is 35.5. The van der Waals surface area contributed by atoms with E-state index in [9.17, 15) is 9.59 Å². The molecule has 1 unspecified atom stereocenters. The van der Waals surface area contributed by atoms with Crippen molar-refractivity contribution in [3.63, 3.8) is 0 Å². The molecule has 6 nitrogen and oxygen atoms in total. The molecule has 2 aromatic rings. The van der Waals surface area contributed by atoms with Crippen LogP contribution in [0.25, 0.3) is 0 Å². The molecule has 142 valence electrons. The van der Waals surface area contributed by atoms with Crippen molar-refractivity contribution in [2.45, 2.75) is 25.9 Å². The number of anilines is 2. The minimum Gasteiger partial charge on any atom is -0.490 e. The van der Waals surface area contributed by atoms with Gasteiger partial charge in [-0.05, 0) is 43.2 Å². The summed E-state index contributed by atoms with van der Waals surface area (Å²) < 4.78 is 11.4. The lowest BCUT2D eigenvalue weighted by Gasteiger charge is -2.15. The third kappa shape index (κ3) is 5.21. The van der Waals surface area contributed by atoms with E-state index in [4.69, 9.17) is 21.1 Å². The predicted molar refractivity (Wildman–Crippen MR) is 105 cm³/mol. The quantitative estimate of drug-likeness (QED) is 0.780. The fourth-order valence-electron chi connectivity index (χ4n) is 2.82. The van der Waals surface area contributed by atoms with Crippen molar-refractivity contribution in [2.24, 2.45) is 0 Å². The van der Waals surface area contributed by atoms with Crippen LogP contribution >= 0.6 is 11.6 Å². The number of halogens is 1. The number of carbonyl (C=O) groups excluding carboxylic acids is 2. The number of rotatable bonds is 6. The molecule has 1 fully saturated rings. The zero-order valence-electron chi connectivity index (χ0n) is 15.0. The Morgan fingerprint density at radius 1 is 1.22 bits per heavy atom. The second-order valence-corrected chi connectivity index (χ2v) is 6.68. The first-order valence-corrected chi connectivity index (χ1v) is 9.12. The first-order chi connectivity index (χ1) is 13.0. The largest absolute Gasteiger partial charge is 0.490 e. The van der Waals surface area contributed by atoms with E-state index in [1.54, 1.807) is 36.4 Å². The van der Waals surface area contributed by atoms with Crippen molar-refractivity contribution in [2.75, 3.05) is 23.8 Å². The molecule has 0 saturated carbocycles. The minimum atomic E-state index is -0.304. The van der Waals surface area contributed by atoms with Crippen molar-refractivity contribution in [1.82, 2.24) is 0 Å². The highest BCUT2D eigenvalue weighted by Crippen LogP contribution is 2.27. The van der Waals surface area contributed by atoms with E-state index >= 15 is 0 Å². The molecule has 1 atom stereocenters. The van der Waals surface area contributed by atoms with Crippen molar-refractivity contribution in [3.8, 4) is 5.75 Å². The van der Waals surface area contributed by atoms with Crippen LogP contribution in [0.2, 0.25) is 5.02 Å². The van der Waals surface area contributed by atoms with Crippen LogP contribution in [0.15, 0.2) is 42.5 Å². The van der Waals surface area contributed by atoms with E-state index in [1.807, 2.05) is 6.07 Å². The fourth-order valence-corrected chi connectivity index (χ4v) is 3.05. The maximum absolute atomic E-state index is 12.7. The van der Waals surface area contributed by atoms with Gasteiger partial charge in [0.25, 0.3) is 5.91 Å². The van der Waals surface area contributed by atoms with Gasteiger partial charge in [-0.3, -0.25) is 9.59 Å². The van der Waals surface area contributed by atoms with Gasteiger partial charge in [0.05, 0.1) is 22.4 Å². The average Bonchev–Trinajstić information content (AvgIpc) is 3.16. The summed E-state index contributed by atoms with van der Waals surface area (Å²) in [5.74, 6) is -0.0150. The molecule has 0 aromatic heterocycles. The fraction of sp³-hybridized carbons (Fsp3) is 0.300. The van der Waals surface area contributed by atoms with Gasteiger partial charge in [0.2, 0.25) is 5.91 Å². The van der Waals surface area contributed by atoms with Gasteiger partial charge in [-0.15, -0.1) is 0 Å². The molecule has 7 heteroatoms. The van der Waals surface area contributed by atoms with Gasteiger partial charge in [-0.1, -0.05) is 23.7 Å². The summed E-state index contributed by atoms with van der Waals surface area (Å²) >= 11 is 6.15. The third-order valence-corrected chi connectivity index (χ3v) is 4.43. The van der Waals surface area contributed by atoms with Crippen LogP contribution < -0.4 is 15.4 Å². The van der Waals surface area contributed by atoms with Crippen molar-refractivity contribution >= 4 is 34.8 Å². The molecule has 2 aromatic carbocycles. The Balaban J connectivity index is 1.68. The maximum atomic E-state index is 12.7. The number of amides is 2. The first-order valence-electron chi connectivity index (χ1n) is 8.75. The standard InChI is InChI=1S/C20H21ClN2O4/c1-13(24)22-18-9-8-14(11-17(18)21)23-20(25)16-6-2-3-7-19(16)27-12-15-5-4-10-26-15/h2-3,6-9,11,15H,4-5,10,12H2,1H3,(H,22,24)(H,23,25). The molecule has 0 aliphatic carbocycles. The van der Waals surface area contributed by atoms with Gasteiger partial charge < -0.3 is 20.1 Å². The highest BCUT2D eigenvalue weighted by Gasteiger charge is 2.18. The minimum absolute atomic E-state index is 0.0706. The molecule has 27 heavy (non-hydrogen) atoms. The average molecular weight is 389 g/mol. The number of hydrogen-bond acceptors (Lipinski definition) is 4. The van der Waals surface area contributed by atoms with E-state index in [-0.39, 0.29) is 17.9 Å². The van der Waals surface area contributed by atoms with Crippen LogP contribution in [0.4, 0.5) is 11.4 Å².